The highest BCUT2D eigenvalue weighted by Crippen LogP contribution is 2.16. The minimum atomic E-state index is -0.240. The molecule has 1 atom stereocenters. The molecule has 0 N–H and O–H groups in total. The summed E-state index contributed by atoms with van der Waals surface area (Å²) < 4.78 is 24.2. The average Bonchev–Trinajstić information content (AvgIpc) is 2.92. The van der Waals surface area contributed by atoms with Gasteiger partial charge in [-0.1, -0.05) is 22.0 Å². The Bertz CT molecular complexity index is 326. The van der Waals surface area contributed by atoms with Crippen molar-refractivity contribution in [2.75, 3.05) is 13.2 Å². The normalized spacial score (nSPS) is 19.7. The molecule has 0 saturated carbocycles. The van der Waals surface area contributed by atoms with E-state index in [0.29, 0.717) is 18.8 Å². The zero-order chi connectivity index (χ0) is 9.97. The maximum absolute atomic E-state index is 13.2. The summed E-state index contributed by atoms with van der Waals surface area (Å²) >= 11 is 3.20. The third-order valence-electron chi connectivity index (χ3n) is 1.98. The lowest BCUT2D eigenvalue weighted by Crippen LogP contribution is -2.02. The molecule has 1 aliphatic rings. The van der Waals surface area contributed by atoms with Gasteiger partial charge in [-0.15, -0.1) is 0 Å². The van der Waals surface area contributed by atoms with Crippen molar-refractivity contribution in [3.63, 3.8) is 0 Å². The molecule has 1 saturated heterocycles. The summed E-state index contributed by atoms with van der Waals surface area (Å²) in [7, 11) is 0. The molecule has 1 aliphatic heterocycles. The van der Waals surface area contributed by atoms with Gasteiger partial charge < -0.3 is 9.47 Å². The largest absolute Gasteiger partial charge is 0.374 e. The average molecular weight is 261 g/mol. The molecule has 0 spiro atoms. The van der Waals surface area contributed by atoms with Crippen molar-refractivity contribution in [2.24, 2.45) is 0 Å². The van der Waals surface area contributed by atoms with Crippen molar-refractivity contribution in [2.45, 2.75) is 12.7 Å². The highest BCUT2D eigenvalue weighted by atomic mass is 79.9. The van der Waals surface area contributed by atoms with Gasteiger partial charge in [0.1, 0.15) is 11.9 Å². The molecule has 1 aromatic rings. The van der Waals surface area contributed by atoms with Crippen LogP contribution in [0.15, 0.2) is 22.7 Å². The van der Waals surface area contributed by atoms with Gasteiger partial charge in [-0.25, -0.2) is 4.39 Å². The van der Waals surface area contributed by atoms with E-state index in [9.17, 15) is 4.39 Å². The summed E-state index contributed by atoms with van der Waals surface area (Å²) in [6, 6.07) is 4.95. The van der Waals surface area contributed by atoms with Crippen molar-refractivity contribution in [3.8, 4) is 0 Å². The number of rotatable bonds is 4. The summed E-state index contributed by atoms with van der Waals surface area (Å²) in [5.74, 6) is -0.240. The van der Waals surface area contributed by atoms with Gasteiger partial charge in [-0.2, -0.15) is 0 Å². The number of ether oxygens (including phenoxy) is 2. The molecule has 0 amide bonds. The predicted octanol–water partition coefficient (Wildman–Crippen LogP) is 2.50. The minimum absolute atomic E-state index is 0.230. The lowest BCUT2D eigenvalue weighted by molar-refractivity contribution is 0.102. The molecule has 1 fully saturated rings. The number of epoxide rings is 1. The van der Waals surface area contributed by atoms with Crippen LogP contribution in [0.4, 0.5) is 4.39 Å². The second-order valence-electron chi connectivity index (χ2n) is 3.21. The molecule has 2 nitrogen and oxygen atoms in total. The van der Waals surface area contributed by atoms with E-state index in [0.717, 1.165) is 11.1 Å². The van der Waals surface area contributed by atoms with Gasteiger partial charge in [-0.05, 0) is 12.1 Å². The van der Waals surface area contributed by atoms with Gasteiger partial charge >= 0.3 is 0 Å². The smallest absolute Gasteiger partial charge is 0.129 e. The van der Waals surface area contributed by atoms with Crippen LogP contribution in [0.2, 0.25) is 0 Å². The first kappa shape index (κ1) is 10.1. The van der Waals surface area contributed by atoms with Crippen molar-refractivity contribution in [3.05, 3.63) is 34.1 Å². The number of hydrogen-bond acceptors (Lipinski definition) is 2. The van der Waals surface area contributed by atoms with Gasteiger partial charge in [0, 0.05) is 10.0 Å². The van der Waals surface area contributed by atoms with E-state index in [1.165, 1.54) is 6.07 Å². The van der Waals surface area contributed by atoms with E-state index in [-0.39, 0.29) is 11.9 Å². The molecule has 14 heavy (non-hydrogen) atoms. The van der Waals surface area contributed by atoms with Gasteiger partial charge in [0.25, 0.3) is 0 Å². The van der Waals surface area contributed by atoms with Crippen LogP contribution in [0.1, 0.15) is 5.56 Å². The second kappa shape index (κ2) is 4.38. The standard InChI is InChI=1S/C10H10BrFO2/c11-8-2-1-7(10(12)3-8)4-13-5-9-6-14-9/h1-3,9H,4-6H2/t9-/m1/s1. The fraction of sp³-hybridized carbons (Fsp3) is 0.400. The van der Waals surface area contributed by atoms with E-state index < -0.39 is 0 Å². The monoisotopic (exact) mass is 260 g/mol. The Morgan fingerprint density at radius 1 is 1.57 bits per heavy atom. The number of hydrogen-bond donors (Lipinski definition) is 0. The Kier molecular flexibility index (Phi) is 3.15. The summed E-state index contributed by atoms with van der Waals surface area (Å²) in [6.45, 7) is 1.62. The van der Waals surface area contributed by atoms with Crippen LogP contribution in [0.25, 0.3) is 0 Å². The Balaban J connectivity index is 1.87. The van der Waals surface area contributed by atoms with E-state index in [2.05, 4.69) is 15.9 Å². The molecule has 1 aromatic carbocycles. The Hall–Kier alpha value is -0.450. The molecular weight excluding hydrogens is 251 g/mol. The highest BCUT2D eigenvalue weighted by Gasteiger charge is 2.22. The minimum Gasteiger partial charge on any atom is -0.374 e. The maximum atomic E-state index is 13.2. The molecular formula is C10H10BrFO2. The molecule has 0 unspecified atom stereocenters. The van der Waals surface area contributed by atoms with Gasteiger partial charge in [0.15, 0.2) is 0 Å². The van der Waals surface area contributed by atoms with Crippen molar-refractivity contribution < 1.29 is 13.9 Å². The summed E-state index contributed by atoms with van der Waals surface area (Å²) in [6.07, 6.45) is 0.230. The molecule has 0 radical (unpaired) electrons. The molecule has 0 bridgehead atoms. The third kappa shape index (κ3) is 2.77. The van der Waals surface area contributed by atoms with Crippen LogP contribution >= 0.6 is 15.9 Å². The molecule has 76 valence electrons. The lowest BCUT2D eigenvalue weighted by atomic mass is 10.2. The van der Waals surface area contributed by atoms with Crippen LogP contribution < -0.4 is 0 Å². The molecule has 0 aromatic heterocycles. The topological polar surface area (TPSA) is 21.8 Å². The van der Waals surface area contributed by atoms with Gasteiger partial charge in [0.2, 0.25) is 0 Å². The van der Waals surface area contributed by atoms with Crippen LogP contribution in [-0.2, 0) is 16.1 Å². The summed E-state index contributed by atoms with van der Waals surface area (Å²) in [4.78, 5) is 0. The van der Waals surface area contributed by atoms with Crippen LogP contribution in [0.5, 0.6) is 0 Å². The van der Waals surface area contributed by atoms with Gasteiger partial charge in [0.05, 0.1) is 19.8 Å². The molecule has 2 rings (SSSR count). The molecule has 0 aliphatic carbocycles. The Labute approximate surface area is 90.1 Å². The Morgan fingerprint density at radius 2 is 2.36 bits per heavy atom. The van der Waals surface area contributed by atoms with E-state index in [1.807, 2.05) is 0 Å². The SMILES string of the molecule is Fc1cc(Br)ccc1COC[C@@H]1CO1. The van der Waals surface area contributed by atoms with Crippen molar-refractivity contribution in [1.29, 1.82) is 0 Å². The fourth-order valence-corrected chi connectivity index (χ4v) is 1.44. The van der Waals surface area contributed by atoms with Crippen molar-refractivity contribution in [1.82, 2.24) is 0 Å². The van der Waals surface area contributed by atoms with Crippen LogP contribution in [0.3, 0.4) is 0 Å². The second-order valence-corrected chi connectivity index (χ2v) is 4.12. The van der Waals surface area contributed by atoms with Crippen LogP contribution in [-0.4, -0.2) is 19.3 Å². The van der Waals surface area contributed by atoms with Crippen LogP contribution in [0, 0.1) is 5.82 Å². The zero-order valence-corrected chi connectivity index (χ0v) is 9.09. The molecule has 4 heteroatoms. The summed E-state index contributed by atoms with van der Waals surface area (Å²) in [5.41, 5.74) is 0.578. The van der Waals surface area contributed by atoms with E-state index in [4.69, 9.17) is 9.47 Å². The fourth-order valence-electron chi connectivity index (χ4n) is 1.10. The quantitative estimate of drug-likeness (QED) is 0.777. The van der Waals surface area contributed by atoms with Gasteiger partial charge in [-0.3, -0.25) is 0 Å². The number of benzene rings is 1. The third-order valence-corrected chi connectivity index (χ3v) is 2.47. The summed E-state index contributed by atoms with van der Waals surface area (Å²) in [5, 5.41) is 0. The lowest BCUT2D eigenvalue weighted by Gasteiger charge is -2.04. The van der Waals surface area contributed by atoms with Crippen molar-refractivity contribution >= 4 is 15.9 Å². The molecule has 1 heterocycles. The highest BCUT2D eigenvalue weighted by molar-refractivity contribution is 9.10. The Morgan fingerprint density at radius 3 is 3.00 bits per heavy atom. The first-order valence-electron chi connectivity index (χ1n) is 4.39. The first-order valence-corrected chi connectivity index (χ1v) is 5.18. The predicted molar refractivity (Wildman–Crippen MR) is 53.5 cm³/mol. The van der Waals surface area contributed by atoms with E-state index >= 15 is 0 Å². The first-order chi connectivity index (χ1) is 6.75. The maximum Gasteiger partial charge on any atom is 0.129 e. The van der Waals surface area contributed by atoms with E-state index in [1.54, 1.807) is 12.1 Å². The zero-order valence-electron chi connectivity index (χ0n) is 7.50. The number of halogens is 2.